The number of benzene rings is 1. The Bertz CT molecular complexity index is 1290. The highest BCUT2D eigenvalue weighted by Gasteiger charge is 2.46. The Morgan fingerprint density at radius 3 is 2.34 bits per heavy atom. The van der Waals surface area contributed by atoms with Crippen LogP contribution in [-0.4, -0.2) is 45.4 Å². The zero-order valence-electron chi connectivity index (χ0n) is 23.6. The molecule has 2 aromatic heterocycles. The summed E-state index contributed by atoms with van der Waals surface area (Å²) in [6.07, 6.45) is 0.768. The quantitative estimate of drug-likeness (QED) is 0.328. The number of hydrogen-bond acceptors (Lipinski definition) is 5. The number of nitrogens with one attached hydrogen (secondary N) is 1. The summed E-state index contributed by atoms with van der Waals surface area (Å²) in [6, 6.07) is 6.20. The summed E-state index contributed by atoms with van der Waals surface area (Å²) in [5.41, 5.74) is 0.729. The zero-order valence-corrected chi connectivity index (χ0v) is 24.4. The Morgan fingerprint density at radius 2 is 1.74 bits per heavy atom. The van der Waals surface area contributed by atoms with Crippen molar-refractivity contribution in [1.29, 1.82) is 0 Å². The van der Waals surface area contributed by atoms with E-state index >= 15 is 4.39 Å². The number of rotatable bonds is 6. The third kappa shape index (κ3) is 6.14. The van der Waals surface area contributed by atoms with Crippen LogP contribution in [0.15, 0.2) is 24.3 Å². The van der Waals surface area contributed by atoms with Gasteiger partial charge in [0, 0.05) is 42.1 Å². The number of anilines is 2. The second-order valence-electron chi connectivity index (χ2n) is 10.3. The molecule has 1 fully saturated rings. The van der Waals surface area contributed by atoms with E-state index in [1.807, 2.05) is 13.8 Å². The van der Waals surface area contributed by atoms with Gasteiger partial charge in [-0.1, -0.05) is 65.6 Å². The van der Waals surface area contributed by atoms with Gasteiger partial charge in [-0.15, -0.1) is 0 Å². The molecular weight excluding hydrogens is 507 g/mol. The first-order chi connectivity index (χ1) is 17.9. The zero-order chi connectivity index (χ0) is 28.3. The number of fused-ring (bicyclic) bond motifs is 1. The number of aromatic nitrogens is 3. The first-order valence-corrected chi connectivity index (χ1v) is 15.0. The Balaban J connectivity index is 0.00000195. The predicted octanol–water partition coefficient (Wildman–Crippen LogP) is 7.33. The second kappa shape index (κ2) is 12.0. The van der Waals surface area contributed by atoms with Gasteiger partial charge in [-0.05, 0) is 19.4 Å². The van der Waals surface area contributed by atoms with Crippen LogP contribution < -0.4 is 10.2 Å². The molecule has 9 heteroatoms. The molecule has 1 saturated heterocycles. The third-order valence-corrected chi connectivity index (χ3v) is 8.16. The number of nitrogens with zero attached hydrogens (tertiary/aromatic N) is 4. The summed E-state index contributed by atoms with van der Waals surface area (Å²) in [5.74, 6) is 3.13. The number of pyridine rings is 1. The van der Waals surface area contributed by atoms with Crippen LogP contribution in [0.25, 0.3) is 11.0 Å². The average Bonchev–Trinajstić information content (AvgIpc) is 2.88. The minimum absolute atomic E-state index is 0.00430. The minimum Gasteiger partial charge on any atom is -0.368 e. The fourth-order valence-corrected chi connectivity index (χ4v) is 5.49. The highest BCUT2D eigenvalue weighted by molar-refractivity contribution is 8.14. The van der Waals surface area contributed by atoms with Crippen molar-refractivity contribution in [2.45, 2.75) is 67.4 Å². The van der Waals surface area contributed by atoms with Gasteiger partial charge in [0.1, 0.15) is 17.5 Å². The molecule has 5 nitrogen and oxygen atoms in total. The van der Waals surface area contributed by atoms with Gasteiger partial charge in [-0.2, -0.15) is 10.5 Å². The van der Waals surface area contributed by atoms with Gasteiger partial charge in [0.15, 0.2) is 5.65 Å². The summed E-state index contributed by atoms with van der Waals surface area (Å²) >= 11 is 0. The smallest absolute Gasteiger partial charge is 0.280 e. The fourth-order valence-electron chi connectivity index (χ4n) is 4.33. The highest BCUT2D eigenvalue weighted by atomic mass is 32.2. The molecule has 38 heavy (non-hydrogen) atoms. The first-order valence-electron chi connectivity index (χ1n) is 13.2. The van der Waals surface area contributed by atoms with Crippen molar-refractivity contribution in [1.82, 2.24) is 15.0 Å². The molecule has 4 rings (SSSR count). The van der Waals surface area contributed by atoms with Gasteiger partial charge in [0.2, 0.25) is 0 Å². The molecule has 1 N–H and O–H groups in total. The lowest BCUT2D eigenvalue weighted by Crippen LogP contribution is -2.34. The van der Waals surface area contributed by atoms with Gasteiger partial charge in [0.05, 0.1) is 22.3 Å². The molecule has 0 radical (unpaired) electrons. The third-order valence-electron chi connectivity index (χ3n) is 6.64. The Kier molecular flexibility index (Phi) is 9.44. The van der Waals surface area contributed by atoms with Crippen LogP contribution in [-0.2, 0) is 18.9 Å². The molecule has 1 aromatic carbocycles. The van der Waals surface area contributed by atoms with E-state index in [4.69, 9.17) is 4.98 Å². The predicted molar refractivity (Wildman–Crippen MR) is 157 cm³/mol. The maximum atomic E-state index is 15.3. The molecule has 0 spiro atoms. The first kappa shape index (κ1) is 29.9. The van der Waals surface area contributed by atoms with Crippen molar-refractivity contribution >= 4 is 38.9 Å². The molecule has 0 aliphatic carbocycles. The number of alkyl halides is 2. The molecule has 1 aliphatic heterocycles. The monoisotopic (exact) mass is 547 g/mol. The van der Waals surface area contributed by atoms with E-state index in [9.17, 15) is 8.78 Å². The molecule has 1 aliphatic rings. The number of halogens is 3. The van der Waals surface area contributed by atoms with Crippen LogP contribution in [0.5, 0.6) is 0 Å². The molecule has 0 atom stereocenters. The molecule has 0 bridgehead atoms. The maximum Gasteiger partial charge on any atom is 0.280 e. The summed E-state index contributed by atoms with van der Waals surface area (Å²) in [7, 11) is 0.193. The SMILES string of the molecule is C=S1CCN(c2cc3c(NCc4cccc(C(F)(F)C(C)(C)C)c4F)nc(C)nc3nc2CC)CC1.CC. The van der Waals surface area contributed by atoms with Crippen LogP contribution in [0.1, 0.15) is 64.2 Å². The Morgan fingerprint density at radius 1 is 1.08 bits per heavy atom. The van der Waals surface area contributed by atoms with Crippen LogP contribution in [0, 0.1) is 18.2 Å². The molecule has 3 heterocycles. The van der Waals surface area contributed by atoms with Gasteiger partial charge in [-0.3, -0.25) is 0 Å². The van der Waals surface area contributed by atoms with Crippen LogP contribution in [0.3, 0.4) is 0 Å². The molecule has 0 amide bonds. The van der Waals surface area contributed by atoms with Crippen molar-refractivity contribution in [2.75, 3.05) is 34.8 Å². The summed E-state index contributed by atoms with van der Waals surface area (Å²) in [6.45, 7) is 13.9. The van der Waals surface area contributed by atoms with Crippen molar-refractivity contribution in [3.8, 4) is 0 Å². The summed E-state index contributed by atoms with van der Waals surface area (Å²) in [4.78, 5) is 16.2. The average molecular weight is 548 g/mol. The van der Waals surface area contributed by atoms with Gasteiger partial charge in [0.25, 0.3) is 5.92 Å². The van der Waals surface area contributed by atoms with Crippen molar-refractivity contribution in [3.05, 3.63) is 52.7 Å². The normalized spacial score (nSPS) is 14.8. The van der Waals surface area contributed by atoms with Crippen molar-refractivity contribution in [3.63, 3.8) is 0 Å². The molecule has 0 unspecified atom stereocenters. The van der Waals surface area contributed by atoms with E-state index in [1.54, 1.807) is 6.92 Å². The maximum absolute atomic E-state index is 15.3. The minimum atomic E-state index is -3.32. The fraction of sp³-hybridized carbons (Fsp3) is 0.517. The van der Waals surface area contributed by atoms with E-state index in [2.05, 4.69) is 39.0 Å². The lowest BCUT2D eigenvalue weighted by Gasteiger charge is -2.32. The molecule has 3 aromatic rings. The summed E-state index contributed by atoms with van der Waals surface area (Å²) in [5, 5.41) is 3.90. The Hall–Kier alpha value is -2.68. The second-order valence-corrected chi connectivity index (χ2v) is 12.3. The lowest BCUT2D eigenvalue weighted by atomic mass is 9.83. The largest absolute Gasteiger partial charge is 0.368 e. The van der Waals surface area contributed by atoms with Crippen LogP contribution in [0.4, 0.5) is 24.7 Å². The molecular formula is C29H40F3N5S. The van der Waals surface area contributed by atoms with E-state index in [0.29, 0.717) is 17.3 Å². The standard InChI is InChI=1S/C27H34F3N5S.C2H6/c1-7-21-22(35-11-13-36(6)14-12-35)15-19-24(32-17(2)33-25(19)34-21)31-16-18-9-8-10-20(23(18)28)27(29,30)26(3,4)5;1-2/h8-10,15H,6-7,11-14,16H2,1-5H3,(H,31,32,33,34);1-2H3. The van der Waals surface area contributed by atoms with Crippen molar-refractivity contribution in [2.24, 2.45) is 5.41 Å². The van der Waals surface area contributed by atoms with Gasteiger partial charge < -0.3 is 10.2 Å². The van der Waals surface area contributed by atoms with E-state index in [-0.39, 0.29) is 22.6 Å². The molecule has 0 saturated carbocycles. The highest BCUT2D eigenvalue weighted by Crippen LogP contribution is 2.45. The summed E-state index contributed by atoms with van der Waals surface area (Å²) < 4.78 is 45.2. The molecule has 208 valence electrons. The van der Waals surface area contributed by atoms with E-state index in [0.717, 1.165) is 53.8 Å². The lowest BCUT2D eigenvalue weighted by molar-refractivity contribution is -0.107. The Labute approximate surface area is 227 Å². The van der Waals surface area contributed by atoms with Crippen molar-refractivity contribution < 1.29 is 13.2 Å². The van der Waals surface area contributed by atoms with Gasteiger partial charge >= 0.3 is 0 Å². The van der Waals surface area contributed by atoms with Crippen LogP contribution >= 0.6 is 10.5 Å². The van der Waals surface area contributed by atoms with Gasteiger partial charge in [-0.25, -0.2) is 28.1 Å². The van der Waals surface area contributed by atoms with Crippen LogP contribution in [0.2, 0.25) is 0 Å². The van der Waals surface area contributed by atoms with E-state index in [1.165, 1.54) is 32.9 Å². The number of hydrogen-bond donors (Lipinski definition) is 1. The van der Waals surface area contributed by atoms with E-state index < -0.39 is 22.7 Å². The number of aryl methyl sites for hydroxylation is 2. The topological polar surface area (TPSA) is 53.9 Å².